The Hall–Kier alpha value is -1.07. The molecule has 0 amide bonds. The molecule has 0 aliphatic heterocycles. The summed E-state index contributed by atoms with van der Waals surface area (Å²) < 4.78 is 5.08. The van der Waals surface area contributed by atoms with E-state index in [0.29, 0.717) is 5.69 Å². The number of halogens is 1. The second-order valence-electron chi connectivity index (χ2n) is 2.90. The average molecular weight is 288 g/mol. The summed E-state index contributed by atoms with van der Waals surface area (Å²) in [7, 11) is 3.25. The van der Waals surface area contributed by atoms with Crippen molar-refractivity contribution in [3.05, 3.63) is 28.5 Å². The van der Waals surface area contributed by atoms with Crippen molar-refractivity contribution in [2.75, 3.05) is 14.2 Å². The summed E-state index contributed by atoms with van der Waals surface area (Å²) in [4.78, 5) is 25.2. The van der Waals surface area contributed by atoms with Gasteiger partial charge in [0, 0.05) is 37.7 Å². The second kappa shape index (κ2) is 9.18. The van der Waals surface area contributed by atoms with Gasteiger partial charge in [0.1, 0.15) is 12.0 Å². The molecule has 1 aromatic heterocycles. The molecule has 0 saturated carbocycles. The minimum atomic E-state index is -0.0976. The summed E-state index contributed by atoms with van der Waals surface area (Å²) in [6.07, 6.45) is 2.79. The normalized spacial score (nSPS) is 8.94. The molecular formula is C11H14BrNO3. The molecule has 0 bridgehead atoms. The second-order valence-corrected chi connectivity index (χ2v) is 3.81. The maximum absolute atomic E-state index is 11.3. The fraction of sp³-hybridized carbons (Fsp3) is 0.364. The quantitative estimate of drug-likeness (QED) is 0.630. The molecular weight excluding hydrogens is 274 g/mol. The first-order valence-electron chi connectivity index (χ1n) is 4.64. The molecule has 1 aromatic rings. The van der Waals surface area contributed by atoms with Gasteiger partial charge >= 0.3 is 0 Å². The number of aldehydes is 1. The molecule has 0 aliphatic rings. The highest BCUT2D eigenvalue weighted by atomic mass is 79.9. The van der Waals surface area contributed by atoms with Gasteiger partial charge in [-0.1, -0.05) is 0 Å². The number of nitrogens with zero attached hydrogens (tertiary/aromatic N) is 1. The van der Waals surface area contributed by atoms with Crippen molar-refractivity contribution in [1.29, 1.82) is 0 Å². The van der Waals surface area contributed by atoms with Crippen molar-refractivity contribution in [3.63, 3.8) is 0 Å². The van der Waals surface area contributed by atoms with Gasteiger partial charge in [-0.05, 0) is 28.1 Å². The number of ether oxygens (including phenoxy) is 1. The van der Waals surface area contributed by atoms with Gasteiger partial charge in [0.05, 0.1) is 0 Å². The first-order chi connectivity index (χ1) is 7.65. The van der Waals surface area contributed by atoms with Crippen LogP contribution in [0.25, 0.3) is 0 Å². The van der Waals surface area contributed by atoms with Crippen LogP contribution in [0.2, 0.25) is 0 Å². The summed E-state index contributed by atoms with van der Waals surface area (Å²) in [5, 5.41) is 0. The van der Waals surface area contributed by atoms with Crippen LogP contribution in [0.3, 0.4) is 0 Å². The number of methoxy groups -OCH3 is 1. The van der Waals surface area contributed by atoms with Crippen LogP contribution in [0.4, 0.5) is 0 Å². The lowest BCUT2D eigenvalue weighted by Gasteiger charge is -1.96. The van der Waals surface area contributed by atoms with E-state index < -0.39 is 0 Å². The Morgan fingerprint density at radius 2 is 2.12 bits per heavy atom. The van der Waals surface area contributed by atoms with Gasteiger partial charge in [0.25, 0.3) is 0 Å². The van der Waals surface area contributed by atoms with E-state index in [4.69, 9.17) is 0 Å². The molecule has 0 aliphatic carbocycles. The van der Waals surface area contributed by atoms with Crippen molar-refractivity contribution in [2.24, 2.45) is 0 Å². The van der Waals surface area contributed by atoms with E-state index in [1.807, 2.05) is 0 Å². The number of hydrogen-bond donors (Lipinski definition) is 0. The van der Waals surface area contributed by atoms with E-state index in [2.05, 4.69) is 25.7 Å². The molecule has 0 N–H and O–H groups in total. The highest BCUT2D eigenvalue weighted by Gasteiger charge is 2.05. The van der Waals surface area contributed by atoms with Crippen molar-refractivity contribution < 1.29 is 14.3 Å². The Balaban J connectivity index is 0.000000673. The number of ketones is 1. The minimum absolute atomic E-state index is 0.0976. The first kappa shape index (κ1) is 14.9. The molecule has 0 saturated heterocycles. The van der Waals surface area contributed by atoms with E-state index in [1.165, 1.54) is 0 Å². The number of carbonyl (C=O) groups excluding carboxylic acids is 2. The molecule has 0 spiro atoms. The van der Waals surface area contributed by atoms with E-state index in [-0.39, 0.29) is 18.6 Å². The minimum Gasteiger partial charge on any atom is -0.388 e. The van der Waals surface area contributed by atoms with Crippen LogP contribution in [-0.2, 0) is 9.53 Å². The van der Waals surface area contributed by atoms with Gasteiger partial charge in [-0.2, -0.15) is 0 Å². The van der Waals surface area contributed by atoms with Gasteiger partial charge in [0.2, 0.25) is 0 Å². The van der Waals surface area contributed by atoms with Crippen molar-refractivity contribution >= 4 is 28.0 Å². The van der Waals surface area contributed by atoms with E-state index in [9.17, 15) is 9.59 Å². The molecule has 1 heterocycles. The SMILES string of the molecule is COC.O=CCCC(=O)c1ccc(Br)cn1. The molecule has 88 valence electrons. The van der Waals surface area contributed by atoms with Gasteiger partial charge < -0.3 is 9.53 Å². The molecule has 16 heavy (non-hydrogen) atoms. The highest BCUT2D eigenvalue weighted by Crippen LogP contribution is 2.08. The van der Waals surface area contributed by atoms with Crippen LogP contribution in [0.1, 0.15) is 23.3 Å². The maximum Gasteiger partial charge on any atom is 0.181 e. The number of aromatic nitrogens is 1. The van der Waals surface area contributed by atoms with Gasteiger partial charge in [-0.25, -0.2) is 0 Å². The standard InChI is InChI=1S/C9H8BrNO2.C2H6O/c10-7-3-4-8(11-6-7)9(13)2-1-5-12;1-3-2/h3-6H,1-2H2;1-2H3. The molecule has 0 unspecified atom stereocenters. The monoisotopic (exact) mass is 287 g/mol. The summed E-state index contributed by atoms with van der Waals surface area (Å²) in [6, 6.07) is 3.39. The molecule has 0 radical (unpaired) electrons. The molecule has 0 atom stereocenters. The highest BCUT2D eigenvalue weighted by molar-refractivity contribution is 9.10. The molecule has 1 rings (SSSR count). The number of carbonyl (C=O) groups is 2. The zero-order chi connectivity index (χ0) is 12.4. The van der Waals surface area contributed by atoms with E-state index in [1.54, 1.807) is 32.5 Å². The van der Waals surface area contributed by atoms with Gasteiger partial charge in [0.15, 0.2) is 5.78 Å². The largest absolute Gasteiger partial charge is 0.388 e. The third kappa shape index (κ3) is 6.42. The van der Waals surface area contributed by atoms with Crippen LogP contribution < -0.4 is 0 Å². The van der Waals surface area contributed by atoms with Crippen molar-refractivity contribution in [3.8, 4) is 0 Å². The van der Waals surface area contributed by atoms with Gasteiger partial charge in [-0.3, -0.25) is 9.78 Å². The number of Topliss-reactive ketones (excluding diaryl/α,β-unsaturated/α-hetero) is 1. The lowest BCUT2D eigenvalue weighted by atomic mass is 10.1. The van der Waals surface area contributed by atoms with Crippen molar-refractivity contribution in [1.82, 2.24) is 4.98 Å². The van der Waals surface area contributed by atoms with E-state index >= 15 is 0 Å². The lowest BCUT2D eigenvalue weighted by molar-refractivity contribution is -0.107. The number of pyridine rings is 1. The van der Waals surface area contributed by atoms with Crippen LogP contribution in [0, 0.1) is 0 Å². The smallest absolute Gasteiger partial charge is 0.181 e. The predicted octanol–water partition coefficient (Wildman–Crippen LogP) is 2.27. The first-order valence-corrected chi connectivity index (χ1v) is 5.43. The number of hydrogen-bond acceptors (Lipinski definition) is 4. The zero-order valence-corrected chi connectivity index (χ0v) is 10.9. The molecule has 0 fully saturated rings. The van der Waals surface area contributed by atoms with Crippen LogP contribution >= 0.6 is 15.9 Å². The Bertz CT molecular complexity index is 325. The Morgan fingerprint density at radius 1 is 1.50 bits per heavy atom. The average Bonchev–Trinajstić information content (AvgIpc) is 2.28. The zero-order valence-electron chi connectivity index (χ0n) is 9.27. The Labute approximate surface area is 103 Å². The van der Waals surface area contributed by atoms with Crippen LogP contribution in [0.15, 0.2) is 22.8 Å². The molecule has 4 nitrogen and oxygen atoms in total. The summed E-state index contributed by atoms with van der Waals surface area (Å²) in [6.45, 7) is 0. The van der Waals surface area contributed by atoms with Crippen LogP contribution in [-0.4, -0.2) is 31.3 Å². The number of rotatable bonds is 4. The Morgan fingerprint density at radius 3 is 2.56 bits per heavy atom. The molecule has 5 heteroatoms. The maximum atomic E-state index is 11.3. The van der Waals surface area contributed by atoms with Crippen molar-refractivity contribution in [2.45, 2.75) is 12.8 Å². The van der Waals surface area contributed by atoms with Crippen LogP contribution in [0.5, 0.6) is 0 Å². The molecule has 0 aromatic carbocycles. The fourth-order valence-electron chi connectivity index (χ4n) is 0.859. The fourth-order valence-corrected chi connectivity index (χ4v) is 1.09. The summed E-state index contributed by atoms with van der Waals surface area (Å²) in [5.74, 6) is -0.0976. The van der Waals surface area contributed by atoms with E-state index in [0.717, 1.165) is 10.8 Å². The summed E-state index contributed by atoms with van der Waals surface area (Å²) >= 11 is 3.22. The lowest BCUT2D eigenvalue weighted by Crippen LogP contribution is -2.01. The third-order valence-electron chi connectivity index (χ3n) is 1.50. The topological polar surface area (TPSA) is 56.3 Å². The summed E-state index contributed by atoms with van der Waals surface area (Å²) in [5.41, 5.74) is 0.407. The predicted molar refractivity (Wildman–Crippen MR) is 64.5 cm³/mol. The Kier molecular flexibility index (Phi) is 8.56. The third-order valence-corrected chi connectivity index (χ3v) is 1.97. The van der Waals surface area contributed by atoms with Gasteiger partial charge in [-0.15, -0.1) is 0 Å².